The largest absolute Gasteiger partial charge is 0.481 e. The highest BCUT2D eigenvalue weighted by atomic mass is 16.4. The van der Waals surface area contributed by atoms with Crippen molar-refractivity contribution in [1.82, 2.24) is 5.32 Å². The standard InChI is InChI=1S/C17H19NO4/c1-2-14-8-9-15(22-14)16(19)18-11-13(17(20)21)10-12-6-4-3-5-7-12/h3-9,13H,2,10-11H2,1H3,(H,18,19)(H,20,21). The van der Waals surface area contributed by atoms with E-state index in [1.54, 1.807) is 12.1 Å². The van der Waals surface area contributed by atoms with Crippen LogP contribution in [0.1, 0.15) is 28.8 Å². The number of carbonyl (C=O) groups excluding carboxylic acids is 1. The molecule has 1 unspecified atom stereocenters. The van der Waals surface area contributed by atoms with E-state index >= 15 is 0 Å². The van der Waals surface area contributed by atoms with Crippen LogP contribution in [0.3, 0.4) is 0 Å². The number of nitrogens with one attached hydrogen (secondary N) is 1. The Bertz CT molecular complexity index is 633. The molecular weight excluding hydrogens is 282 g/mol. The van der Waals surface area contributed by atoms with Crippen molar-refractivity contribution in [2.45, 2.75) is 19.8 Å². The lowest BCUT2D eigenvalue weighted by molar-refractivity contribution is -0.141. The van der Waals surface area contributed by atoms with Crippen molar-refractivity contribution in [3.63, 3.8) is 0 Å². The molecule has 0 aliphatic carbocycles. The molecule has 2 aromatic rings. The maximum Gasteiger partial charge on any atom is 0.308 e. The molecule has 0 bridgehead atoms. The van der Waals surface area contributed by atoms with Crippen molar-refractivity contribution >= 4 is 11.9 Å². The van der Waals surface area contributed by atoms with E-state index in [4.69, 9.17) is 4.42 Å². The van der Waals surface area contributed by atoms with Gasteiger partial charge in [-0.15, -0.1) is 0 Å². The van der Waals surface area contributed by atoms with Gasteiger partial charge in [-0.3, -0.25) is 9.59 Å². The van der Waals surface area contributed by atoms with E-state index in [0.29, 0.717) is 12.8 Å². The minimum atomic E-state index is -0.933. The zero-order valence-corrected chi connectivity index (χ0v) is 12.4. The summed E-state index contributed by atoms with van der Waals surface area (Å²) in [5.41, 5.74) is 0.926. The molecule has 0 radical (unpaired) electrons. The summed E-state index contributed by atoms with van der Waals surface area (Å²) in [6, 6.07) is 12.7. The Labute approximate surface area is 129 Å². The van der Waals surface area contributed by atoms with E-state index in [2.05, 4.69) is 5.32 Å². The number of benzene rings is 1. The van der Waals surface area contributed by atoms with Gasteiger partial charge in [-0.1, -0.05) is 37.3 Å². The Kier molecular flexibility index (Phi) is 5.36. The lowest BCUT2D eigenvalue weighted by Gasteiger charge is -2.13. The second-order valence-corrected chi connectivity index (χ2v) is 5.05. The van der Waals surface area contributed by atoms with Gasteiger partial charge in [0.2, 0.25) is 0 Å². The van der Waals surface area contributed by atoms with Gasteiger partial charge in [0.15, 0.2) is 5.76 Å². The maximum atomic E-state index is 12.0. The molecule has 1 aromatic carbocycles. The molecular formula is C17H19NO4. The fourth-order valence-corrected chi connectivity index (χ4v) is 2.14. The van der Waals surface area contributed by atoms with E-state index < -0.39 is 11.9 Å². The lowest BCUT2D eigenvalue weighted by Crippen LogP contribution is -2.33. The SMILES string of the molecule is CCc1ccc(C(=O)NCC(Cc2ccccc2)C(=O)O)o1. The van der Waals surface area contributed by atoms with Crippen molar-refractivity contribution in [2.24, 2.45) is 5.92 Å². The molecule has 22 heavy (non-hydrogen) atoms. The average Bonchev–Trinajstić information content (AvgIpc) is 3.01. The Morgan fingerprint density at radius 2 is 1.91 bits per heavy atom. The summed E-state index contributed by atoms with van der Waals surface area (Å²) in [5, 5.41) is 11.9. The fourth-order valence-electron chi connectivity index (χ4n) is 2.14. The third kappa shape index (κ3) is 4.22. The van der Waals surface area contributed by atoms with Gasteiger partial charge in [0.25, 0.3) is 5.91 Å². The second kappa shape index (κ2) is 7.45. The van der Waals surface area contributed by atoms with Crippen LogP contribution in [0.25, 0.3) is 0 Å². The Morgan fingerprint density at radius 1 is 1.18 bits per heavy atom. The minimum Gasteiger partial charge on any atom is -0.481 e. The molecule has 1 heterocycles. The van der Waals surface area contributed by atoms with Crippen LogP contribution >= 0.6 is 0 Å². The van der Waals surface area contributed by atoms with Crippen molar-refractivity contribution in [3.8, 4) is 0 Å². The number of hydrogen-bond acceptors (Lipinski definition) is 3. The topological polar surface area (TPSA) is 79.5 Å². The summed E-state index contributed by atoms with van der Waals surface area (Å²) < 4.78 is 5.35. The Hall–Kier alpha value is -2.56. The van der Waals surface area contributed by atoms with Crippen molar-refractivity contribution in [1.29, 1.82) is 0 Å². The molecule has 1 amide bonds. The maximum absolute atomic E-state index is 12.0. The van der Waals surface area contributed by atoms with Gasteiger partial charge >= 0.3 is 5.97 Å². The second-order valence-electron chi connectivity index (χ2n) is 5.05. The van der Waals surface area contributed by atoms with E-state index in [-0.39, 0.29) is 18.2 Å². The highest BCUT2D eigenvalue weighted by Gasteiger charge is 2.20. The first-order chi connectivity index (χ1) is 10.6. The third-order valence-corrected chi connectivity index (χ3v) is 3.42. The Morgan fingerprint density at radius 3 is 2.50 bits per heavy atom. The predicted molar refractivity (Wildman–Crippen MR) is 81.7 cm³/mol. The van der Waals surface area contributed by atoms with E-state index in [1.807, 2.05) is 37.3 Å². The van der Waals surface area contributed by atoms with Gasteiger partial charge < -0.3 is 14.8 Å². The molecule has 0 aliphatic heterocycles. The van der Waals surface area contributed by atoms with E-state index in [0.717, 1.165) is 11.3 Å². The number of aryl methyl sites for hydroxylation is 1. The number of furan rings is 1. The summed E-state index contributed by atoms with van der Waals surface area (Å²) in [5.74, 6) is -1.06. The summed E-state index contributed by atoms with van der Waals surface area (Å²) >= 11 is 0. The predicted octanol–water partition coefficient (Wildman–Crippen LogP) is 2.52. The molecule has 2 rings (SSSR count). The first-order valence-corrected chi connectivity index (χ1v) is 7.23. The van der Waals surface area contributed by atoms with Gasteiger partial charge in [-0.2, -0.15) is 0 Å². The van der Waals surface area contributed by atoms with Crippen LogP contribution in [0, 0.1) is 5.92 Å². The van der Waals surface area contributed by atoms with Gasteiger partial charge in [0, 0.05) is 13.0 Å². The van der Waals surface area contributed by atoms with Crippen LogP contribution in [-0.2, 0) is 17.6 Å². The number of rotatable bonds is 7. The number of aliphatic carboxylic acids is 1. The van der Waals surface area contributed by atoms with Gasteiger partial charge in [-0.05, 0) is 24.1 Å². The smallest absolute Gasteiger partial charge is 0.308 e. The van der Waals surface area contributed by atoms with Crippen LogP contribution in [0.4, 0.5) is 0 Å². The molecule has 0 fully saturated rings. The number of carboxylic acid groups (broad SMARTS) is 1. The number of carboxylic acids is 1. The molecule has 1 atom stereocenters. The quantitative estimate of drug-likeness (QED) is 0.823. The van der Waals surface area contributed by atoms with E-state index in [9.17, 15) is 14.7 Å². The summed E-state index contributed by atoms with van der Waals surface area (Å²) in [4.78, 5) is 23.3. The van der Waals surface area contributed by atoms with Gasteiger partial charge in [0.1, 0.15) is 5.76 Å². The van der Waals surface area contributed by atoms with Gasteiger partial charge in [-0.25, -0.2) is 0 Å². The number of hydrogen-bond donors (Lipinski definition) is 2. The lowest BCUT2D eigenvalue weighted by atomic mass is 9.99. The molecule has 5 nitrogen and oxygen atoms in total. The third-order valence-electron chi connectivity index (χ3n) is 3.42. The highest BCUT2D eigenvalue weighted by Crippen LogP contribution is 2.11. The number of carbonyl (C=O) groups is 2. The molecule has 0 saturated heterocycles. The van der Waals surface area contributed by atoms with Crippen molar-refractivity contribution in [2.75, 3.05) is 6.54 Å². The zero-order valence-electron chi connectivity index (χ0n) is 12.4. The summed E-state index contributed by atoms with van der Waals surface area (Å²) in [6.45, 7) is 1.99. The average molecular weight is 301 g/mol. The summed E-state index contributed by atoms with van der Waals surface area (Å²) in [6.07, 6.45) is 1.08. The zero-order chi connectivity index (χ0) is 15.9. The number of amides is 1. The normalized spacial score (nSPS) is 11.9. The van der Waals surface area contributed by atoms with Gasteiger partial charge in [0.05, 0.1) is 5.92 Å². The van der Waals surface area contributed by atoms with Crippen molar-refractivity contribution < 1.29 is 19.1 Å². The Balaban J connectivity index is 1.94. The first-order valence-electron chi connectivity index (χ1n) is 7.23. The minimum absolute atomic E-state index is 0.0607. The molecule has 5 heteroatoms. The molecule has 116 valence electrons. The van der Waals surface area contributed by atoms with Crippen LogP contribution in [-0.4, -0.2) is 23.5 Å². The molecule has 2 N–H and O–H groups in total. The van der Waals surface area contributed by atoms with Crippen LogP contribution in [0.15, 0.2) is 46.9 Å². The highest BCUT2D eigenvalue weighted by molar-refractivity contribution is 5.91. The molecule has 0 spiro atoms. The van der Waals surface area contributed by atoms with Crippen molar-refractivity contribution in [3.05, 3.63) is 59.5 Å². The first kappa shape index (κ1) is 15.8. The van der Waals surface area contributed by atoms with Crippen LogP contribution < -0.4 is 5.32 Å². The summed E-state index contributed by atoms with van der Waals surface area (Å²) in [7, 11) is 0. The van der Waals surface area contributed by atoms with E-state index in [1.165, 1.54) is 0 Å². The molecule has 0 aliphatic rings. The van der Waals surface area contributed by atoms with Crippen LogP contribution in [0.2, 0.25) is 0 Å². The molecule has 0 saturated carbocycles. The molecule has 1 aromatic heterocycles. The monoisotopic (exact) mass is 301 g/mol. The fraction of sp³-hybridized carbons (Fsp3) is 0.294. The van der Waals surface area contributed by atoms with Crippen LogP contribution in [0.5, 0.6) is 0 Å².